The smallest absolute Gasteiger partial charge is 0.308 e. The van der Waals surface area contributed by atoms with E-state index in [0.29, 0.717) is 31.6 Å². The lowest BCUT2D eigenvalue weighted by Crippen LogP contribution is -2.29. The molecule has 1 amide bonds. The maximum Gasteiger partial charge on any atom is 0.308 e. The third-order valence-corrected chi connectivity index (χ3v) is 3.93. The van der Waals surface area contributed by atoms with Crippen molar-refractivity contribution in [2.45, 2.75) is 13.0 Å². The van der Waals surface area contributed by atoms with Crippen molar-refractivity contribution in [2.75, 3.05) is 13.1 Å². The predicted octanol–water partition coefficient (Wildman–Crippen LogP) is 1.48. The van der Waals surface area contributed by atoms with Gasteiger partial charge in [0.2, 0.25) is 0 Å². The van der Waals surface area contributed by atoms with E-state index in [1.165, 1.54) is 0 Å². The van der Waals surface area contributed by atoms with Crippen molar-refractivity contribution < 1.29 is 14.7 Å². The maximum atomic E-state index is 12.4. The molecule has 1 aliphatic rings. The average Bonchev–Trinajstić information content (AvgIpc) is 3.18. The zero-order valence-corrected chi connectivity index (χ0v) is 12.1. The molecular formula is C16H17N3O3. The fourth-order valence-corrected chi connectivity index (χ4v) is 2.66. The average molecular weight is 299 g/mol. The van der Waals surface area contributed by atoms with E-state index in [2.05, 4.69) is 5.10 Å². The zero-order chi connectivity index (χ0) is 15.5. The van der Waals surface area contributed by atoms with E-state index < -0.39 is 11.9 Å². The number of amides is 1. The van der Waals surface area contributed by atoms with Crippen LogP contribution in [0.5, 0.6) is 0 Å². The Morgan fingerprint density at radius 1 is 1.27 bits per heavy atom. The minimum absolute atomic E-state index is 0.102. The Morgan fingerprint density at radius 3 is 2.64 bits per heavy atom. The van der Waals surface area contributed by atoms with Gasteiger partial charge in [-0.1, -0.05) is 12.1 Å². The molecule has 3 rings (SSSR count). The Balaban J connectivity index is 1.65. The first-order valence-electron chi connectivity index (χ1n) is 7.22. The number of carbonyl (C=O) groups excluding carboxylic acids is 1. The second-order valence-corrected chi connectivity index (χ2v) is 5.48. The molecule has 1 aromatic carbocycles. The van der Waals surface area contributed by atoms with Crippen molar-refractivity contribution in [3.63, 3.8) is 0 Å². The van der Waals surface area contributed by atoms with E-state index >= 15 is 0 Å². The lowest BCUT2D eigenvalue weighted by atomic mass is 10.1. The van der Waals surface area contributed by atoms with Crippen molar-refractivity contribution in [3.05, 3.63) is 53.9 Å². The minimum atomic E-state index is -0.829. The third kappa shape index (κ3) is 3.00. The van der Waals surface area contributed by atoms with E-state index in [-0.39, 0.29) is 5.91 Å². The summed E-state index contributed by atoms with van der Waals surface area (Å²) in [6, 6.07) is 9.24. The SMILES string of the molecule is O=C(O)[C@H]1CCN(C(=O)c2ccc(Cn3cccn3)cc2)C1. The molecule has 6 nitrogen and oxygen atoms in total. The molecule has 114 valence electrons. The van der Waals surface area contributed by atoms with Gasteiger partial charge in [0, 0.05) is 31.0 Å². The highest BCUT2D eigenvalue weighted by atomic mass is 16.4. The second-order valence-electron chi connectivity index (χ2n) is 5.48. The molecule has 1 aliphatic heterocycles. The van der Waals surface area contributed by atoms with E-state index in [4.69, 9.17) is 5.11 Å². The summed E-state index contributed by atoms with van der Waals surface area (Å²) < 4.78 is 1.81. The Bertz CT molecular complexity index is 664. The lowest BCUT2D eigenvalue weighted by molar-refractivity contribution is -0.141. The van der Waals surface area contributed by atoms with E-state index in [1.54, 1.807) is 23.2 Å². The largest absolute Gasteiger partial charge is 0.481 e. The topological polar surface area (TPSA) is 75.4 Å². The highest BCUT2D eigenvalue weighted by Crippen LogP contribution is 2.19. The van der Waals surface area contributed by atoms with Gasteiger partial charge in [0.15, 0.2) is 0 Å². The zero-order valence-electron chi connectivity index (χ0n) is 12.1. The number of carboxylic acid groups (broad SMARTS) is 1. The van der Waals surface area contributed by atoms with E-state index in [1.807, 2.05) is 29.1 Å². The summed E-state index contributed by atoms with van der Waals surface area (Å²) in [7, 11) is 0. The molecular weight excluding hydrogens is 282 g/mol. The Morgan fingerprint density at radius 2 is 2.05 bits per heavy atom. The van der Waals surface area contributed by atoms with Gasteiger partial charge in [-0.3, -0.25) is 14.3 Å². The number of likely N-dealkylation sites (tertiary alicyclic amines) is 1. The Hall–Kier alpha value is -2.63. The van der Waals surface area contributed by atoms with Gasteiger partial charge >= 0.3 is 5.97 Å². The molecule has 1 aromatic heterocycles. The van der Waals surface area contributed by atoms with Crippen LogP contribution in [0.25, 0.3) is 0 Å². The van der Waals surface area contributed by atoms with Crippen LogP contribution in [0.1, 0.15) is 22.3 Å². The molecule has 0 aliphatic carbocycles. The van der Waals surface area contributed by atoms with Crippen LogP contribution in [0.4, 0.5) is 0 Å². The molecule has 0 unspecified atom stereocenters. The summed E-state index contributed by atoms with van der Waals surface area (Å²) in [5, 5.41) is 13.1. The first-order valence-corrected chi connectivity index (χ1v) is 7.22. The molecule has 6 heteroatoms. The first-order chi connectivity index (χ1) is 10.6. The van der Waals surface area contributed by atoms with Crippen LogP contribution in [0, 0.1) is 5.92 Å². The van der Waals surface area contributed by atoms with Gasteiger partial charge in [-0.05, 0) is 30.2 Å². The molecule has 1 saturated heterocycles. The fraction of sp³-hybridized carbons (Fsp3) is 0.312. The van der Waals surface area contributed by atoms with Crippen molar-refractivity contribution in [2.24, 2.45) is 5.92 Å². The standard InChI is InChI=1S/C16H17N3O3/c20-15(18-9-6-14(11-18)16(21)22)13-4-2-12(3-5-13)10-19-8-1-7-17-19/h1-5,7-8,14H,6,9-11H2,(H,21,22)/t14-/m0/s1. The molecule has 0 radical (unpaired) electrons. The van der Waals surface area contributed by atoms with Gasteiger partial charge in [0.1, 0.15) is 0 Å². The number of rotatable bonds is 4. The number of hydrogen-bond donors (Lipinski definition) is 1. The van der Waals surface area contributed by atoms with Gasteiger partial charge in [-0.15, -0.1) is 0 Å². The quantitative estimate of drug-likeness (QED) is 0.928. The number of hydrogen-bond acceptors (Lipinski definition) is 3. The van der Waals surface area contributed by atoms with Crippen molar-refractivity contribution in [1.29, 1.82) is 0 Å². The van der Waals surface area contributed by atoms with Crippen LogP contribution in [0.3, 0.4) is 0 Å². The van der Waals surface area contributed by atoms with E-state index in [0.717, 1.165) is 5.56 Å². The summed E-state index contributed by atoms with van der Waals surface area (Å²) >= 11 is 0. The summed E-state index contributed by atoms with van der Waals surface area (Å²) in [5.41, 5.74) is 1.65. The van der Waals surface area contributed by atoms with Gasteiger partial charge in [-0.25, -0.2) is 0 Å². The number of benzene rings is 1. The number of carboxylic acids is 1. The van der Waals surface area contributed by atoms with Crippen LogP contribution < -0.4 is 0 Å². The van der Waals surface area contributed by atoms with Gasteiger partial charge in [0.25, 0.3) is 5.91 Å². The molecule has 1 fully saturated rings. The Kier molecular flexibility index (Phi) is 3.91. The van der Waals surface area contributed by atoms with Gasteiger partial charge < -0.3 is 10.0 Å². The van der Waals surface area contributed by atoms with Crippen LogP contribution in [-0.2, 0) is 11.3 Å². The van der Waals surface area contributed by atoms with Crippen molar-refractivity contribution in [3.8, 4) is 0 Å². The number of carbonyl (C=O) groups is 2. The summed E-state index contributed by atoms with van der Waals surface area (Å²) in [5.74, 6) is -1.37. The molecule has 1 atom stereocenters. The normalized spacial score (nSPS) is 17.6. The summed E-state index contributed by atoms with van der Waals surface area (Å²) in [6.45, 7) is 1.46. The summed E-state index contributed by atoms with van der Waals surface area (Å²) in [6.07, 6.45) is 4.14. The van der Waals surface area contributed by atoms with E-state index in [9.17, 15) is 9.59 Å². The fourth-order valence-electron chi connectivity index (χ4n) is 2.66. The highest BCUT2D eigenvalue weighted by molar-refractivity contribution is 5.94. The van der Waals surface area contributed by atoms with Crippen molar-refractivity contribution in [1.82, 2.24) is 14.7 Å². The molecule has 0 bridgehead atoms. The van der Waals surface area contributed by atoms with Crippen LogP contribution in [-0.4, -0.2) is 44.8 Å². The molecule has 0 saturated carbocycles. The number of aromatic nitrogens is 2. The minimum Gasteiger partial charge on any atom is -0.481 e. The molecule has 22 heavy (non-hydrogen) atoms. The first kappa shape index (κ1) is 14.3. The van der Waals surface area contributed by atoms with Crippen LogP contribution in [0.15, 0.2) is 42.7 Å². The summed E-state index contributed by atoms with van der Waals surface area (Å²) in [4.78, 5) is 24.9. The Labute approximate surface area is 128 Å². The van der Waals surface area contributed by atoms with Gasteiger partial charge in [0.05, 0.1) is 12.5 Å². The molecule has 1 N–H and O–H groups in total. The molecule has 0 spiro atoms. The molecule has 2 heterocycles. The monoisotopic (exact) mass is 299 g/mol. The molecule has 2 aromatic rings. The lowest BCUT2D eigenvalue weighted by Gasteiger charge is -2.16. The predicted molar refractivity (Wildman–Crippen MR) is 79.4 cm³/mol. The van der Waals surface area contributed by atoms with Gasteiger partial charge in [-0.2, -0.15) is 5.10 Å². The van der Waals surface area contributed by atoms with Crippen molar-refractivity contribution >= 4 is 11.9 Å². The van der Waals surface area contributed by atoms with Crippen LogP contribution >= 0.6 is 0 Å². The maximum absolute atomic E-state index is 12.4. The third-order valence-electron chi connectivity index (χ3n) is 3.93. The second kappa shape index (κ2) is 6.01. The number of nitrogens with zero attached hydrogens (tertiary/aromatic N) is 3. The van der Waals surface area contributed by atoms with Crippen LogP contribution in [0.2, 0.25) is 0 Å². The highest BCUT2D eigenvalue weighted by Gasteiger charge is 2.31. The number of aliphatic carboxylic acids is 1.